The zero-order chi connectivity index (χ0) is 41.5. The Labute approximate surface area is 354 Å². The maximum absolute atomic E-state index is 12.7. The molecule has 0 aromatic rings. The fourth-order valence-corrected chi connectivity index (χ4v) is 7.44. The third-order valence-electron chi connectivity index (χ3n) is 11.3. The lowest BCUT2D eigenvalue weighted by Crippen LogP contribution is -2.30. The van der Waals surface area contributed by atoms with Crippen LogP contribution in [0.15, 0.2) is 12.2 Å². The van der Waals surface area contributed by atoms with Crippen LogP contribution in [0.25, 0.3) is 0 Å². The molecule has 0 fully saturated rings. The minimum atomic E-state index is -0.765. The second-order valence-electron chi connectivity index (χ2n) is 17.1. The Morgan fingerprint density at radius 3 is 0.877 bits per heavy atom. The molecular formula is C51H96O6. The van der Waals surface area contributed by atoms with Gasteiger partial charge in [-0.1, -0.05) is 226 Å². The smallest absolute Gasteiger partial charge is 0.306 e. The van der Waals surface area contributed by atoms with Crippen molar-refractivity contribution >= 4 is 17.9 Å². The van der Waals surface area contributed by atoms with Crippen molar-refractivity contribution < 1.29 is 28.6 Å². The highest BCUT2D eigenvalue weighted by molar-refractivity contribution is 5.71. The number of carbonyl (C=O) groups excluding carboxylic acids is 3. The Morgan fingerprint density at radius 2 is 0.579 bits per heavy atom. The number of esters is 3. The summed E-state index contributed by atoms with van der Waals surface area (Å²) in [6.45, 7) is 6.60. The van der Waals surface area contributed by atoms with Crippen LogP contribution >= 0.6 is 0 Å². The molecule has 6 heteroatoms. The number of hydrogen-bond acceptors (Lipinski definition) is 6. The molecular weight excluding hydrogens is 709 g/mol. The molecule has 57 heavy (non-hydrogen) atoms. The van der Waals surface area contributed by atoms with Crippen LogP contribution in [-0.2, 0) is 28.6 Å². The van der Waals surface area contributed by atoms with E-state index in [9.17, 15) is 14.4 Å². The van der Waals surface area contributed by atoms with E-state index in [1.165, 1.54) is 173 Å². The molecule has 0 saturated carbocycles. The largest absolute Gasteiger partial charge is 0.462 e. The average molecular weight is 805 g/mol. The summed E-state index contributed by atoms with van der Waals surface area (Å²) in [5, 5.41) is 0. The summed E-state index contributed by atoms with van der Waals surface area (Å²) in [6.07, 6.45) is 50.7. The van der Waals surface area contributed by atoms with Crippen molar-refractivity contribution in [1.82, 2.24) is 0 Å². The standard InChI is InChI=1S/C51H96O6/c1-4-7-10-13-16-18-20-22-24-26-28-29-31-33-35-38-41-44-50(53)56-47-48(46-55-49(52)43-40-37-15-12-9-6-3)57-51(54)45-42-39-36-34-32-30-27-25-23-21-19-17-14-11-8-5-2/h25,27,48H,4-24,26,28-47H2,1-3H3/b27-25-. The molecule has 1 atom stereocenters. The van der Waals surface area contributed by atoms with E-state index >= 15 is 0 Å². The van der Waals surface area contributed by atoms with Crippen molar-refractivity contribution in [3.63, 3.8) is 0 Å². The summed E-state index contributed by atoms with van der Waals surface area (Å²) in [4.78, 5) is 37.7. The highest BCUT2D eigenvalue weighted by atomic mass is 16.6. The summed E-state index contributed by atoms with van der Waals surface area (Å²) in [7, 11) is 0. The third-order valence-corrected chi connectivity index (χ3v) is 11.3. The van der Waals surface area contributed by atoms with Crippen molar-refractivity contribution in [1.29, 1.82) is 0 Å². The van der Waals surface area contributed by atoms with Gasteiger partial charge in [-0.2, -0.15) is 0 Å². The number of allylic oxidation sites excluding steroid dienone is 2. The molecule has 336 valence electrons. The molecule has 0 N–H and O–H groups in total. The van der Waals surface area contributed by atoms with Gasteiger partial charge in [0.05, 0.1) is 0 Å². The molecule has 0 aromatic carbocycles. The van der Waals surface area contributed by atoms with Crippen molar-refractivity contribution in [3.05, 3.63) is 12.2 Å². The first-order valence-corrected chi connectivity index (χ1v) is 25.2. The van der Waals surface area contributed by atoms with Crippen LogP contribution in [0.2, 0.25) is 0 Å². The fraction of sp³-hybridized carbons (Fsp3) is 0.902. The molecule has 6 nitrogen and oxygen atoms in total. The normalized spacial score (nSPS) is 12.0. The monoisotopic (exact) mass is 805 g/mol. The Balaban J connectivity index is 4.19. The molecule has 0 aliphatic heterocycles. The van der Waals surface area contributed by atoms with Crippen LogP contribution < -0.4 is 0 Å². The van der Waals surface area contributed by atoms with Gasteiger partial charge in [-0.05, 0) is 44.9 Å². The minimum absolute atomic E-state index is 0.0691. The van der Waals surface area contributed by atoms with Crippen molar-refractivity contribution in [2.75, 3.05) is 13.2 Å². The lowest BCUT2D eigenvalue weighted by atomic mass is 10.0. The highest BCUT2D eigenvalue weighted by Gasteiger charge is 2.19. The van der Waals surface area contributed by atoms with E-state index in [1.54, 1.807) is 0 Å². The minimum Gasteiger partial charge on any atom is -0.462 e. The predicted molar refractivity (Wildman–Crippen MR) is 243 cm³/mol. The second-order valence-corrected chi connectivity index (χ2v) is 17.1. The van der Waals surface area contributed by atoms with Gasteiger partial charge in [-0.15, -0.1) is 0 Å². The highest BCUT2D eigenvalue weighted by Crippen LogP contribution is 2.16. The van der Waals surface area contributed by atoms with Crippen LogP contribution in [0.3, 0.4) is 0 Å². The van der Waals surface area contributed by atoms with Gasteiger partial charge >= 0.3 is 17.9 Å². The summed E-state index contributed by atoms with van der Waals surface area (Å²) < 4.78 is 16.7. The van der Waals surface area contributed by atoms with E-state index in [-0.39, 0.29) is 31.1 Å². The fourth-order valence-electron chi connectivity index (χ4n) is 7.44. The van der Waals surface area contributed by atoms with Gasteiger partial charge in [0.2, 0.25) is 0 Å². The van der Waals surface area contributed by atoms with E-state index in [4.69, 9.17) is 14.2 Å². The number of hydrogen-bond donors (Lipinski definition) is 0. The molecule has 0 spiro atoms. The van der Waals surface area contributed by atoms with E-state index in [1.807, 2.05) is 0 Å². The molecule has 0 aliphatic carbocycles. The second kappa shape index (κ2) is 46.8. The predicted octanol–water partition coefficient (Wildman–Crippen LogP) is 16.2. The Kier molecular flexibility index (Phi) is 45.3. The number of ether oxygens (including phenoxy) is 3. The Bertz CT molecular complexity index is 885. The van der Waals surface area contributed by atoms with Crippen molar-refractivity contribution in [2.24, 2.45) is 0 Å². The topological polar surface area (TPSA) is 78.9 Å². The first-order chi connectivity index (χ1) is 28.0. The van der Waals surface area contributed by atoms with Gasteiger partial charge in [0.15, 0.2) is 6.10 Å². The molecule has 0 radical (unpaired) electrons. The average Bonchev–Trinajstić information content (AvgIpc) is 3.21. The zero-order valence-corrected chi connectivity index (χ0v) is 38.4. The lowest BCUT2D eigenvalue weighted by Gasteiger charge is -2.18. The third kappa shape index (κ3) is 45.1. The molecule has 0 saturated heterocycles. The molecule has 0 heterocycles. The maximum Gasteiger partial charge on any atom is 0.306 e. The quantitative estimate of drug-likeness (QED) is 0.0264. The molecule has 0 bridgehead atoms. The van der Waals surface area contributed by atoms with Gasteiger partial charge in [0.25, 0.3) is 0 Å². The van der Waals surface area contributed by atoms with Crippen LogP contribution in [-0.4, -0.2) is 37.2 Å². The van der Waals surface area contributed by atoms with Crippen LogP contribution in [0.1, 0.15) is 278 Å². The van der Waals surface area contributed by atoms with Crippen LogP contribution in [0.5, 0.6) is 0 Å². The molecule has 1 unspecified atom stereocenters. The number of carbonyl (C=O) groups is 3. The molecule has 0 aliphatic rings. The van der Waals surface area contributed by atoms with E-state index in [0.717, 1.165) is 64.2 Å². The van der Waals surface area contributed by atoms with E-state index in [2.05, 4.69) is 32.9 Å². The van der Waals surface area contributed by atoms with Gasteiger partial charge < -0.3 is 14.2 Å². The Hall–Kier alpha value is -1.85. The first kappa shape index (κ1) is 55.2. The van der Waals surface area contributed by atoms with Crippen molar-refractivity contribution in [3.8, 4) is 0 Å². The lowest BCUT2D eigenvalue weighted by molar-refractivity contribution is -0.167. The summed E-state index contributed by atoms with van der Waals surface area (Å²) >= 11 is 0. The number of rotatable bonds is 46. The summed E-state index contributed by atoms with van der Waals surface area (Å²) in [5.41, 5.74) is 0. The summed E-state index contributed by atoms with van der Waals surface area (Å²) in [5.74, 6) is -0.874. The summed E-state index contributed by atoms with van der Waals surface area (Å²) in [6, 6.07) is 0. The molecule has 0 amide bonds. The number of unbranched alkanes of at least 4 members (excludes halogenated alkanes) is 33. The van der Waals surface area contributed by atoms with Gasteiger partial charge in [0.1, 0.15) is 13.2 Å². The van der Waals surface area contributed by atoms with Crippen LogP contribution in [0, 0.1) is 0 Å². The SMILES string of the molecule is CCCCCCCCC/C=C\CCCCCCCC(=O)OC(COC(=O)CCCCCCCC)COC(=O)CCCCCCCCCCCCCCCCCCC. The van der Waals surface area contributed by atoms with Crippen molar-refractivity contribution in [2.45, 2.75) is 284 Å². The molecule has 0 aromatic heterocycles. The van der Waals surface area contributed by atoms with E-state index in [0.29, 0.717) is 19.3 Å². The van der Waals surface area contributed by atoms with Gasteiger partial charge in [-0.25, -0.2) is 0 Å². The maximum atomic E-state index is 12.7. The van der Waals surface area contributed by atoms with Gasteiger partial charge in [0, 0.05) is 19.3 Å². The van der Waals surface area contributed by atoms with Crippen LogP contribution in [0.4, 0.5) is 0 Å². The Morgan fingerprint density at radius 1 is 0.333 bits per heavy atom. The molecule has 0 rings (SSSR count). The first-order valence-electron chi connectivity index (χ1n) is 25.2. The zero-order valence-electron chi connectivity index (χ0n) is 38.4. The van der Waals surface area contributed by atoms with Gasteiger partial charge in [-0.3, -0.25) is 14.4 Å². The van der Waals surface area contributed by atoms with E-state index < -0.39 is 6.10 Å².